The summed E-state index contributed by atoms with van der Waals surface area (Å²) in [6, 6.07) is 14.2. The topological polar surface area (TPSA) is 69.4 Å². The van der Waals surface area contributed by atoms with Crippen LogP contribution in [0.15, 0.2) is 59.5 Å². The molecule has 4 nitrogen and oxygen atoms in total. The molecule has 0 spiro atoms. The van der Waals surface area contributed by atoms with E-state index in [0.717, 1.165) is 0 Å². The quantitative estimate of drug-likeness (QED) is 0.870. The van der Waals surface area contributed by atoms with E-state index >= 15 is 0 Å². The molecule has 1 aliphatic carbocycles. The molecule has 24 heavy (non-hydrogen) atoms. The average molecular weight is 349 g/mol. The van der Waals surface area contributed by atoms with E-state index < -0.39 is 32.4 Å². The van der Waals surface area contributed by atoms with Crippen LogP contribution in [0.5, 0.6) is 0 Å². The molecule has 3 rings (SSSR count). The minimum Gasteiger partial charge on any atom is -0.380 e. The lowest BCUT2D eigenvalue weighted by Gasteiger charge is -2.12. The molecular formula is C18H20FNO3S. The SMILES string of the molecule is CCOC[C@@]1(N)[C@@H](c2cccc(F)c2)[C@@H]1S(=O)(=O)c1ccccc1. The van der Waals surface area contributed by atoms with E-state index in [9.17, 15) is 12.8 Å². The van der Waals surface area contributed by atoms with Crippen molar-refractivity contribution in [2.24, 2.45) is 5.73 Å². The normalized spacial score (nSPS) is 26.3. The highest BCUT2D eigenvalue weighted by molar-refractivity contribution is 7.92. The lowest BCUT2D eigenvalue weighted by molar-refractivity contribution is 0.125. The lowest BCUT2D eigenvalue weighted by atomic mass is 10.1. The van der Waals surface area contributed by atoms with Crippen molar-refractivity contribution < 1.29 is 17.5 Å². The first-order valence-corrected chi connectivity index (χ1v) is 9.37. The van der Waals surface area contributed by atoms with Crippen molar-refractivity contribution >= 4 is 9.84 Å². The van der Waals surface area contributed by atoms with Gasteiger partial charge in [-0.3, -0.25) is 0 Å². The third-order valence-corrected chi connectivity index (χ3v) is 6.78. The summed E-state index contributed by atoms with van der Waals surface area (Å²) in [6.45, 7) is 2.37. The molecule has 0 aliphatic heterocycles. The first kappa shape index (κ1) is 17.1. The van der Waals surface area contributed by atoms with Gasteiger partial charge in [0, 0.05) is 12.5 Å². The monoisotopic (exact) mass is 349 g/mol. The van der Waals surface area contributed by atoms with E-state index in [0.29, 0.717) is 12.2 Å². The molecule has 3 atom stereocenters. The standard InChI is InChI=1S/C18H20FNO3S/c1-2-23-12-18(20)16(13-7-6-8-14(19)11-13)17(18)24(21,22)15-9-4-3-5-10-15/h3-11,16-17H,2,12,20H2,1H3/t16-,17-,18+/m0/s1. The van der Waals surface area contributed by atoms with Crippen LogP contribution >= 0.6 is 0 Å². The zero-order valence-electron chi connectivity index (χ0n) is 13.4. The van der Waals surface area contributed by atoms with Crippen molar-refractivity contribution in [1.29, 1.82) is 0 Å². The molecule has 0 unspecified atom stereocenters. The number of nitrogens with two attached hydrogens (primary N) is 1. The van der Waals surface area contributed by atoms with Crippen molar-refractivity contribution in [1.82, 2.24) is 0 Å². The molecule has 0 radical (unpaired) electrons. The minimum atomic E-state index is -3.64. The summed E-state index contributed by atoms with van der Waals surface area (Å²) in [5.74, 6) is -0.904. The number of rotatable bonds is 6. The lowest BCUT2D eigenvalue weighted by Crippen LogP contribution is -2.36. The van der Waals surface area contributed by atoms with Crippen molar-refractivity contribution in [3.05, 3.63) is 66.0 Å². The Kier molecular flexibility index (Phi) is 4.46. The van der Waals surface area contributed by atoms with E-state index in [4.69, 9.17) is 10.5 Å². The second-order valence-electron chi connectivity index (χ2n) is 6.06. The second kappa shape index (κ2) is 6.27. The maximum absolute atomic E-state index is 13.6. The Labute approximate surface area is 141 Å². The Morgan fingerprint density at radius 2 is 1.88 bits per heavy atom. The number of hydrogen-bond acceptors (Lipinski definition) is 4. The molecule has 2 aromatic rings. The summed E-state index contributed by atoms with van der Waals surface area (Å²) in [7, 11) is -3.64. The van der Waals surface area contributed by atoms with Gasteiger partial charge in [-0.15, -0.1) is 0 Å². The average Bonchev–Trinajstić information content (AvgIpc) is 3.21. The van der Waals surface area contributed by atoms with Gasteiger partial charge >= 0.3 is 0 Å². The second-order valence-corrected chi connectivity index (χ2v) is 8.13. The molecule has 6 heteroatoms. The Hall–Kier alpha value is -1.76. The van der Waals surface area contributed by atoms with Gasteiger partial charge in [0.2, 0.25) is 0 Å². The van der Waals surface area contributed by atoms with Crippen molar-refractivity contribution in [3.63, 3.8) is 0 Å². The van der Waals surface area contributed by atoms with E-state index in [1.165, 1.54) is 12.1 Å². The van der Waals surface area contributed by atoms with Gasteiger partial charge in [-0.05, 0) is 36.8 Å². The zero-order valence-corrected chi connectivity index (χ0v) is 14.2. The van der Waals surface area contributed by atoms with Gasteiger partial charge in [0.05, 0.1) is 22.3 Å². The molecule has 0 heterocycles. The highest BCUT2D eigenvalue weighted by Gasteiger charge is 2.69. The fraction of sp³-hybridized carbons (Fsp3) is 0.333. The van der Waals surface area contributed by atoms with Gasteiger partial charge in [0.1, 0.15) is 5.82 Å². The fourth-order valence-corrected chi connectivity index (χ4v) is 5.60. The predicted molar refractivity (Wildman–Crippen MR) is 90.0 cm³/mol. The Morgan fingerprint density at radius 3 is 2.50 bits per heavy atom. The summed E-state index contributed by atoms with van der Waals surface area (Å²) in [4.78, 5) is 0.222. The number of sulfone groups is 1. The minimum absolute atomic E-state index is 0.113. The van der Waals surface area contributed by atoms with Crippen molar-refractivity contribution in [2.75, 3.05) is 13.2 Å². The maximum Gasteiger partial charge on any atom is 0.183 e. The van der Waals surface area contributed by atoms with Gasteiger partial charge in [-0.2, -0.15) is 0 Å². The number of ether oxygens (including phenoxy) is 1. The molecule has 1 saturated carbocycles. The van der Waals surface area contributed by atoms with Crippen LogP contribution in [0.2, 0.25) is 0 Å². The molecule has 128 valence electrons. The summed E-state index contributed by atoms with van der Waals surface area (Å²) in [5, 5.41) is -0.833. The van der Waals surface area contributed by atoms with Gasteiger partial charge in [0.15, 0.2) is 9.84 Å². The molecule has 1 fully saturated rings. The maximum atomic E-state index is 13.6. The predicted octanol–water partition coefficient (Wildman–Crippen LogP) is 2.50. The molecule has 0 aromatic heterocycles. The summed E-state index contributed by atoms with van der Waals surface area (Å²) in [6.07, 6.45) is 0. The van der Waals surface area contributed by atoms with E-state index in [2.05, 4.69) is 0 Å². The summed E-state index contributed by atoms with van der Waals surface area (Å²) in [5.41, 5.74) is 5.93. The molecule has 0 bridgehead atoms. The van der Waals surface area contributed by atoms with Crippen LogP contribution in [0.3, 0.4) is 0 Å². The van der Waals surface area contributed by atoms with Crippen LogP contribution in [0.25, 0.3) is 0 Å². The highest BCUT2D eigenvalue weighted by atomic mass is 32.2. The first-order chi connectivity index (χ1) is 11.4. The Bertz CT molecular complexity index is 825. The summed E-state index contributed by atoms with van der Waals surface area (Å²) >= 11 is 0. The number of halogens is 1. The van der Waals surface area contributed by atoms with Gasteiger partial charge < -0.3 is 10.5 Å². The molecule has 2 aromatic carbocycles. The van der Waals surface area contributed by atoms with Crippen molar-refractivity contribution in [3.8, 4) is 0 Å². The van der Waals surface area contributed by atoms with Crippen LogP contribution in [0.4, 0.5) is 4.39 Å². The Morgan fingerprint density at radius 1 is 1.17 bits per heavy atom. The van der Waals surface area contributed by atoms with Crippen LogP contribution < -0.4 is 5.73 Å². The zero-order chi connectivity index (χ0) is 17.4. The molecule has 0 saturated heterocycles. The van der Waals surface area contributed by atoms with Crippen molar-refractivity contribution in [2.45, 2.75) is 28.5 Å². The third kappa shape index (κ3) is 2.85. The highest BCUT2D eigenvalue weighted by Crippen LogP contribution is 2.55. The van der Waals surface area contributed by atoms with Crippen LogP contribution in [0.1, 0.15) is 18.4 Å². The van der Waals surface area contributed by atoms with E-state index in [1.54, 1.807) is 42.5 Å². The van der Waals surface area contributed by atoms with Gasteiger partial charge in [-0.1, -0.05) is 30.3 Å². The summed E-state index contributed by atoms with van der Waals surface area (Å²) < 4.78 is 45.0. The molecule has 1 aliphatic rings. The number of benzene rings is 2. The van der Waals surface area contributed by atoms with E-state index in [-0.39, 0.29) is 11.5 Å². The van der Waals surface area contributed by atoms with Gasteiger partial charge in [-0.25, -0.2) is 12.8 Å². The van der Waals surface area contributed by atoms with Crippen LogP contribution in [-0.4, -0.2) is 32.4 Å². The fourth-order valence-electron chi connectivity index (χ4n) is 3.28. The third-order valence-electron chi connectivity index (χ3n) is 4.47. The smallest absolute Gasteiger partial charge is 0.183 e. The largest absolute Gasteiger partial charge is 0.380 e. The Balaban J connectivity index is 2.01. The molecular weight excluding hydrogens is 329 g/mol. The van der Waals surface area contributed by atoms with Gasteiger partial charge in [0.25, 0.3) is 0 Å². The van der Waals surface area contributed by atoms with Crippen LogP contribution in [0, 0.1) is 5.82 Å². The number of hydrogen-bond donors (Lipinski definition) is 1. The van der Waals surface area contributed by atoms with Crippen LogP contribution in [-0.2, 0) is 14.6 Å². The molecule has 2 N–H and O–H groups in total. The molecule has 0 amide bonds. The first-order valence-electron chi connectivity index (χ1n) is 7.82. The van der Waals surface area contributed by atoms with E-state index in [1.807, 2.05) is 6.92 Å².